The summed E-state index contributed by atoms with van der Waals surface area (Å²) in [6.45, 7) is 1.80. The monoisotopic (exact) mass is 454 g/mol. The van der Waals surface area contributed by atoms with Gasteiger partial charge in [0.25, 0.3) is 5.69 Å². The first kappa shape index (κ1) is 22.2. The third-order valence-corrected chi connectivity index (χ3v) is 4.88. The number of benzene rings is 2. The van der Waals surface area contributed by atoms with Crippen LogP contribution in [0, 0.1) is 21.4 Å². The van der Waals surface area contributed by atoms with Crippen molar-refractivity contribution < 1.29 is 18.9 Å². The molecule has 0 spiro atoms. The maximum absolute atomic E-state index is 12.2. The normalized spacial score (nSPS) is 11.1. The van der Waals surface area contributed by atoms with Crippen LogP contribution in [-0.4, -0.2) is 27.3 Å². The Morgan fingerprint density at radius 3 is 2.50 bits per heavy atom. The van der Waals surface area contributed by atoms with Crippen molar-refractivity contribution in [2.24, 2.45) is 0 Å². The molecule has 4 aromatic rings. The third kappa shape index (κ3) is 4.61. The second-order valence-electron chi connectivity index (χ2n) is 7.07. The predicted octanol–water partition coefficient (Wildman–Crippen LogP) is 5.18. The number of esters is 1. The van der Waals surface area contributed by atoms with Gasteiger partial charge < -0.3 is 9.15 Å². The van der Waals surface area contributed by atoms with Gasteiger partial charge in [-0.15, -0.1) is 0 Å². The second kappa shape index (κ2) is 9.67. The predicted molar refractivity (Wildman–Crippen MR) is 124 cm³/mol. The lowest BCUT2D eigenvalue weighted by atomic mass is 10.1. The van der Waals surface area contributed by atoms with E-state index in [0.717, 1.165) is 5.69 Å². The van der Waals surface area contributed by atoms with Crippen molar-refractivity contribution in [2.75, 3.05) is 6.61 Å². The zero-order valence-corrected chi connectivity index (χ0v) is 18.0. The molecule has 0 saturated heterocycles. The largest absolute Gasteiger partial charge is 0.462 e. The van der Waals surface area contributed by atoms with Crippen LogP contribution < -0.4 is 0 Å². The van der Waals surface area contributed by atoms with E-state index in [-0.39, 0.29) is 17.9 Å². The number of rotatable bonds is 7. The molecule has 2 aromatic heterocycles. The van der Waals surface area contributed by atoms with Gasteiger partial charge in [0.1, 0.15) is 23.1 Å². The first-order valence-corrected chi connectivity index (χ1v) is 10.3. The number of aromatic nitrogens is 2. The number of hydrogen-bond acceptors (Lipinski definition) is 7. The first-order valence-electron chi connectivity index (χ1n) is 10.3. The summed E-state index contributed by atoms with van der Waals surface area (Å²) in [5.41, 5.74) is 2.14. The van der Waals surface area contributed by atoms with Crippen molar-refractivity contribution in [3.05, 3.63) is 94.2 Å². The molecule has 0 fully saturated rings. The SMILES string of the molecule is CCOC(=O)C(C#N)=Cc1cn(-c2ccccc2)nc1-c1ccc(-c2ccc([N+](=O)[O-])cc2)o1. The Bertz CT molecular complexity index is 1410. The molecule has 0 amide bonds. The van der Waals surface area contributed by atoms with Crippen LogP contribution in [0.1, 0.15) is 12.5 Å². The van der Waals surface area contributed by atoms with Crippen LogP contribution in [0.5, 0.6) is 0 Å². The molecule has 9 heteroatoms. The minimum atomic E-state index is -0.727. The Balaban J connectivity index is 1.78. The van der Waals surface area contributed by atoms with Gasteiger partial charge in [-0.2, -0.15) is 10.4 Å². The number of nitrogens with zero attached hydrogens (tertiary/aromatic N) is 4. The molecular weight excluding hydrogens is 436 g/mol. The fraction of sp³-hybridized carbons (Fsp3) is 0.0800. The maximum Gasteiger partial charge on any atom is 0.348 e. The molecule has 34 heavy (non-hydrogen) atoms. The molecular formula is C25H18N4O5. The third-order valence-electron chi connectivity index (χ3n) is 4.88. The van der Waals surface area contributed by atoms with E-state index in [4.69, 9.17) is 9.15 Å². The summed E-state index contributed by atoms with van der Waals surface area (Å²) in [7, 11) is 0. The molecule has 9 nitrogen and oxygen atoms in total. The Morgan fingerprint density at radius 2 is 1.85 bits per heavy atom. The van der Waals surface area contributed by atoms with Crippen LogP contribution in [-0.2, 0) is 9.53 Å². The number of ether oxygens (including phenoxy) is 1. The quantitative estimate of drug-likeness (QED) is 0.124. The molecule has 0 saturated carbocycles. The Labute approximate surface area is 194 Å². The number of carbonyl (C=O) groups is 1. The van der Waals surface area contributed by atoms with E-state index in [9.17, 15) is 20.2 Å². The number of nitriles is 1. The summed E-state index contributed by atoms with van der Waals surface area (Å²) < 4.78 is 12.6. The molecule has 0 aliphatic rings. The zero-order valence-electron chi connectivity index (χ0n) is 18.0. The number of nitro benzene ring substituents is 1. The van der Waals surface area contributed by atoms with Crippen LogP contribution in [0.25, 0.3) is 34.5 Å². The van der Waals surface area contributed by atoms with E-state index < -0.39 is 10.9 Å². The molecule has 0 bridgehead atoms. The molecule has 4 rings (SSSR count). The Morgan fingerprint density at radius 1 is 1.15 bits per heavy atom. The lowest BCUT2D eigenvalue weighted by Crippen LogP contribution is -2.06. The topological polar surface area (TPSA) is 124 Å². The van der Waals surface area contributed by atoms with E-state index in [1.807, 2.05) is 36.4 Å². The number of furan rings is 1. The van der Waals surface area contributed by atoms with Crippen LogP contribution >= 0.6 is 0 Å². The summed E-state index contributed by atoms with van der Waals surface area (Å²) in [6.07, 6.45) is 3.10. The highest BCUT2D eigenvalue weighted by molar-refractivity contribution is 5.98. The number of non-ortho nitro benzene ring substituents is 1. The van der Waals surface area contributed by atoms with Crippen molar-refractivity contribution >= 4 is 17.7 Å². The van der Waals surface area contributed by atoms with Gasteiger partial charge in [-0.3, -0.25) is 10.1 Å². The standard InChI is InChI=1S/C25H18N4O5/c1-2-33-25(30)18(15-26)14-19-16-28(20-6-4-3-5-7-20)27-24(19)23-13-12-22(34-23)17-8-10-21(11-9-17)29(31)32/h3-14,16H,2H2,1H3. The average molecular weight is 454 g/mol. The van der Waals surface area contributed by atoms with E-state index in [1.165, 1.54) is 18.2 Å². The zero-order chi connectivity index (χ0) is 24.1. The highest BCUT2D eigenvalue weighted by atomic mass is 16.6. The molecule has 0 aliphatic carbocycles. The van der Waals surface area contributed by atoms with Crippen molar-refractivity contribution in [1.82, 2.24) is 9.78 Å². The van der Waals surface area contributed by atoms with Crippen molar-refractivity contribution in [1.29, 1.82) is 5.26 Å². The highest BCUT2D eigenvalue weighted by Crippen LogP contribution is 2.32. The maximum atomic E-state index is 12.2. The molecule has 0 radical (unpaired) electrons. The molecule has 168 valence electrons. The van der Waals surface area contributed by atoms with Crippen LogP contribution in [0.15, 0.2) is 82.9 Å². The summed E-state index contributed by atoms with van der Waals surface area (Å²) in [4.78, 5) is 22.6. The fourth-order valence-electron chi connectivity index (χ4n) is 3.27. The molecule has 2 aromatic carbocycles. The molecule has 2 heterocycles. The summed E-state index contributed by atoms with van der Waals surface area (Å²) in [5, 5.41) is 25.0. The number of hydrogen-bond donors (Lipinski definition) is 0. The fourth-order valence-corrected chi connectivity index (χ4v) is 3.27. The number of nitro groups is 1. The number of carbonyl (C=O) groups excluding carboxylic acids is 1. The first-order chi connectivity index (χ1) is 16.5. The van der Waals surface area contributed by atoms with Crippen LogP contribution in [0.3, 0.4) is 0 Å². The minimum Gasteiger partial charge on any atom is -0.462 e. The molecule has 0 aliphatic heterocycles. The molecule has 0 unspecified atom stereocenters. The van der Waals surface area contributed by atoms with Gasteiger partial charge in [0.05, 0.1) is 17.2 Å². The number of para-hydroxylation sites is 1. The Hall–Kier alpha value is -4.97. The smallest absolute Gasteiger partial charge is 0.348 e. The lowest BCUT2D eigenvalue weighted by Gasteiger charge is -2.00. The van der Waals surface area contributed by atoms with Gasteiger partial charge in [0.2, 0.25) is 0 Å². The van der Waals surface area contributed by atoms with Crippen LogP contribution in [0.2, 0.25) is 0 Å². The Kier molecular flexibility index (Phi) is 6.32. The van der Waals surface area contributed by atoms with E-state index in [0.29, 0.717) is 28.3 Å². The van der Waals surface area contributed by atoms with Crippen molar-refractivity contribution in [3.8, 4) is 34.5 Å². The van der Waals surface area contributed by atoms with Gasteiger partial charge in [0.15, 0.2) is 5.76 Å². The van der Waals surface area contributed by atoms with E-state index >= 15 is 0 Å². The van der Waals surface area contributed by atoms with Gasteiger partial charge >= 0.3 is 5.97 Å². The summed E-state index contributed by atoms with van der Waals surface area (Å²) in [5.74, 6) is 0.157. The van der Waals surface area contributed by atoms with Gasteiger partial charge in [-0.05, 0) is 49.4 Å². The molecule has 0 atom stereocenters. The van der Waals surface area contributed by atoms with Gasteiger partial charge in [-0.25, -0.2) is 9.48 Å². The van der Waals surface area contributed by atoms with Crippen LogP contribution in [0.4, 0.5) is 5.69 Å². The summed E-state index contributed by atoms with van der Waals surface area (Å²) in [6, 6.07) is 20.6. The highest BCUT2D eigenvalue weighted by Gasteiger charge is 2.18. The average Bonchev–Trinajstić information content (AvgIpc) is 3.50. The summed E-state index contributed by atoms with van der Waals surface area (Å²) >= 11 is 0. The molecule has 0 N–H and O–H groups in total. The van der Waals surface area contributed by atoms with Crippen molar-refractivity contribution in [3.63, 3.8) is 0 Å². The van der Waals surface area contributed by atoms with E-state index in [1.54, 1.807) is 42.1 Å². The lowest BCUT2D eigenvalue weighted by molar-refractivity contribution is -0.384. The van der Waals surface area contributed by atoms with E-state index in [2.05, 4.69) is 5.10 Å². The second-order valence-corrected chi connectivity index (χ2v) is 7.07. The minimum absolute atomic E-state index is 0.0208. The van der Waals surface area contributed by atoms with Crippen molar-refractivity contribution in [2.45, 2.75) is 6.92 Å². The van der Waals surface area contributed by atoms with Gasteiger partial charge in [-0.1, -0.05) is 18.2 Å². The van der Waals surface area contributed by atoms with Gasteiger partial charge in [0, 0.05) is 29.5 Å².